The van der Waals surface area contributed by atoms with Crippen molar-refractivity contribution in [3.05, 3.63) is 0 Å². The van der Waals surface area contributed by atoms with Gasteiger partial charge in [-0.2, -0.15) is 0 Å². The standard InChI is InChI=1S/C10H23N/c1-5-7-8-10(6-2)9-11(3)4/h10H,5-9H2,1-4H3/t10-/m0/s1. The van der Waals surface area contributed by atoms with Crippen LogP contribution in [0.25, 0.3) is 0 Å². The first-order valence-corrected chi connectivity index (χ1v) is 4.85. The van der Waals surface area contributed by atoms with Crippen LogP contribution in [0.4, 0.5) is 0 Å². The Labute approximate surface area is 71.8 Å². The summed E-state index contributed by atoms with van der Waals surface area (Å²) in [5, 5.41) is 0. The fourth-order valence-corrected chi connectivity index (χ4v) is 1.43. The largest absolute Gasteiger partial charge is 0.309 e. The maximum atomic E-state index is 2.30. The lowest BCUT2D eigenvalue weighted by Crippen LogP contribution is -2.21. The highest BCUT2D eigenvalue weighted by molar-refractivity contribution is 4.59. The van der Waals surface area contributed by atoms with E-state index in [0.29, 0.717) is 0 Å². The Kier molecular flexibility index (Phi) is 6.63. The molecule has 1 atom stereocenters. The van der Waals surface area contributed by atoms with Crippen molar-refractivity contribution in [2.75, 3.05) is 20.6 Å². The molecule has 0 amide bonds. The topological polar surface area (TPSA) is 3.24 Å². The lowest BCUT2D eigenvalue weighted by Gasteiger charge is -2.18. The van der Waals surface area contributed by atoms with Crippen molar-refractivity contribution in [1.29, 1.82) is 0 Å². The van der Waals surface area contributed by atoms with E-state index in [9.17, 15) is 0 Å². The Balaban J connectivity index is 3.41. The van der Waals surface area contributed by atoms with Crippen LogP contribution in [0.2, 0.25) is 0 Å². The molecular weight excluding hydrogens is 134 g/mol. The van der Waals surface area contributed by atoms with Crippen molar-refractivity contribution in [3.8, 4) is 0 Å². The zero-order valence-corrected chi connectivity index (χ0v) is 8.56. The van der Waals surface area contributed by atoms with Crippen LogP contribution in [0.3, 0.4) is 0 Å². The zero-order valence-electron chi connectivity index (χ0n) is 8.56. The predicted octanol–water partition coefficient (Wildman–Crippen LogP) is 2.76. The summed E-state index contributed by atoms with van der Waals surface area (Å²) in [7, 11) is 4.32. The number of rotatable bonds is 6. The molecule has 0 heterocycles. The van der Waals surface area contributed by atoms with Crippen LogP contribution in [-0.4, -0.2) is 25.5 Å². The van der Waals surface area contributed by atoms with Crippen LogP contribution in [0.5, 0.6) is 0 Å². The number of hydrogen-bond acceptors (Lipinski definition) is 1. The van der Waals surface area contributed by atoms with Crippen LogP contribution in [0, 0.1) is 5.92 Å². The van der Waals surface area contributed by atoms with Gasteiger partial charge in [-0.1, -0.05) is 33.1 Å². The Hall–Kier alpha value is -0.0400. The van der Waals surface area contributed by atoms with E-state index in [0.717, 1.165) is 5.92 Å². The van der Waals surface area contributed by atoms with E-state index in [4.69, 9.17) is 0 Å². The van der Waals surface area contributed by atoms with E-state index >= 15 is 0 Å². The third kappa shape index (κ3) is 6.36. The molecule has 0 N–H and O–H groups in total. The first-order valence-electron chi connectivity index (χ1n) is 4.85. The molecule has 0 unspecified atom stereocenters. The van der Waals surface area contributed by atoms with Crippen molar-refractivity contribution in [1.82, 2.24) is 4.90 Å². The summed E-state index contributed by atoms with van der Waals surface area (Å²) in [5.74, 6) is 0.921. The van der Waals surface area contributed by atoms with Crippen molar-refractivity contribution >= 4 is 0 Å². The van der Waals surface area contributed by atoms with Gasteiger partial charge in [-0.3, -0.25) is 0 Å². The smallest absolute Gasteiger partial charge is 0.000346 e. The highest BCUT2D eigenvalue weighted by Crippen LogP contribution is 2.12. The molecule has 0 aromatic rings. The average Bonchev–Trinajstić information content (AvgIpc) is 1.97. The molecule has 0 aromatic heterocycles. The van der Waals surface area contributed by atoms with Crippen molar-refractivity contribution in [2.24, 2.45) is 5.92 Å². The zero-order chi connectivity index (χ0) is 8.69. The predicted molar refractivity (Wildman–Crippen MR) is 51.9 cm³/mol. The molecule has 0 fully saturated rings. The summed E-state index contributed by atoms with van der Waals surface area (Å²) in [6.45, 7) is 5.82. The van der Waals surface area contributed by atoms with Gasteiger partial charge in [-0.05, 0) is 26.4 Å². The highest BCUT2D eigenvalue weighted by atomic mass is 15.1. The third-order valence-electron chi connectivity index (χ3n) is 2.17. The lowest BCUT2D eigenvalue weighted by molar-refractivity contribution is 0.301. The van der Waals surface area contributed by atoms with E-state index in [2.05, 4.69) is 32.8 Å². The summed E-state index contributed by atoms with van der Waals surface area (Å²) in [5.41, 5.74) is 0. The van der Waals surface area contributed by atoms with Gasteiger partial charge in [0.25, 0.3) is 0 Å². The lowest BCUT2D eigenvalue weighted by atomic mass is 9.99. The summed E-state index contributed by atoms with van der Waals surface area (Å²) >= 11 is 0. The molecule has 0 aliphatic carbocycles. The molecule has 68 valence electrons. The molecule has 0 aromatic carbocycles. The fraction of sp³-hybridized carbons (Fsp3) is 1.00. The normalized spacial score (nSPS) is 13.9. The molecule has 1 nitrogen and oxygen atoms in total. The third-order valence-corrected chi connectivity index (χ3v) is 2.17. The second kappa shape index (κ2) is 6.66. The quantitative estimate of drug-likeness (QED) is 0.573. The second-order valence-electron chi connectivity index (χ2n) is 3.68. The van der Waals surface area contributed by atoms with E-state index in [1.807, 2.05) is 0 Å². The fourth-order valence-electron chi connectivity index (χ4n) is 1.43. The first kappa shape index (κ1) is 11.0. The Morgan fingerprint density at radius 2 is 1.82 bits per heavy atom. The van der Waals surface area contributed by atoms with Crippen molar-refractivity contribution < 1.29 is 0 Å². The molecule has 0 saturated heterocycles. The van der Waals surface area contributed by atoms with E-state index in [1.165, 1.54) is 32.2 Å². The van der Waals surface area contributed by atoms with Gasteiger partial charge in [0.1, 0.15) is 0 Å². The Morgan fingerprint density at radius 1 is 1.18 bits per heavy atom. The minimum Gasteiger partial charge on any atom is -0.309 e. The molecular formula is C10H23N. The van der Waals surface area contributed by atoms with E-state index < -0.39 is 0 Å². The summed E-state index contributed by atoms with van der Waals surface area (Å²) in [4.78, 5) is 2.30. The number of nitrogens with zero attached hydrogens (tertiary/aromatic N) is 1. The van der Waals surface area contributed by atoms with Gasteiger partial charge in [-0.15, -0.1) is 0 Å². The molecule has 0 rings (SSSR count). The molecule has 11 heavy (non-hydrogen) atoms. The van der Waals surface area contributed by atoms with Crippen molar-refractivity contribution in [2.45, 2.75) is 39.5 Å². The maximum Gasteiger partial charge on any atom is 0.000346 e. The minimum absolute atomic E-state index is 0.921. The summed E-state index contributed by atoms with van der Waals surface area (Å²) < 4.78 is 0. The van der Waals surface area contributed by atoms with E-state index in [1.54, 1.807) is 0 Å². The van der Waals surface area contributed by atoms with Crippen LogP contribution in [0.1, 0.15) is 39.5 Å². The Bertz CT molecular complexity index is 78.9. The molecule has 0 bridgehead atoms. The van der Waals surface area contributed by atoms with Crippen LogP contribution in [0.15, 0.2) is 0 Å². The molecule has 0 spiro atoms. The van der Waals surface area contributed by atoms with E-state index in [-0.39, 0.29) is 0 Å². The van der Waals surface area contributed by atoms with Gasteiger partial charge >= 0.3 is 0 Å². The van der Waals surface area contributed by atoms with Gasteiger partial charge in [-0.25, -0.2) is 0 Å². The van der Waals surface area contributed by atoms with Gasteiger partial charge in [0.15, 0.2) is 0 Å². The summed E-state index contributed by atoms with van der Waals surface area (Å²) in [6, 6.07) is 0. The second-order valence-corrected chi connectivity index (χ2v) is 3.68. The van der Waals surface area contributed by atoms with Crippen molar-refractivity contribution in [3.63, 3.8) is 0 Å². The molecule has 0 radical (unpaired) electrons. The molecule has 1 heteroatoms. The van der Waals surface area contributed by atoms with Gasteiger partial charge in [0, 0.05) is 6.54 Å². The monoisotopic (exact) mass is 157 g/mol. The number of hydrogen-bond donors (Lipinski definition) is 0. The highest BCUT2D eigenvalue weighted by Gasteiger charge is 2.05. The van der Waals surface area contributed by atoms with Crippen LogP contribution in [-0.2, 0) is 0 Å². The average molecular weight is 157 g/mol. The summed E-state index contributed by atoms with van der Waals surface area (Å²) in [6.07, 6.45) is 5.47. The minimum atomic E-state index is 0.921. The maximum absolute atomic E-state index is 2.30. The Morgan fingerprint density at radius 3 is 2.18 bits per heavy atom. The first-order chi connectivity index (χ1) is 5.20. The SMILES string of the molecule is CCCC[C@H](CC)CN(C)C. The molecule has 0 aliphatic heterocycles. The van der Waals surface area contributed by atoms with Crippen LogP contribution >= 0.6 is 0 Å². The molecule has 0 aliphatic rings. The van der Waals surface area contributed by atoms with Gasteiger partial charge in [0.05, 0.1) is 0 Å². The van der Waals surface area contributed by atoms with Gasteiger partial charge in [0.2, 0.25) is 0 Å². The van der Waals surface area contributed by atoms with Crippen LogP contribution < -0.4 is 0 Å². The molecule has 0 saturated carbocycles. The van der Waals surface area contributed by atoms with Gasteiger partial charge < -0.3 is 4.90 Å². The number of unbranched alkanes of at least 4 members (excludes halogenated alkanes) is 1.